The molecule has 29 heavy (non-hydrogen) atoms. The number of rotatable bonds is 4. The number of hydrogen-bond donors (Lipinski definition) is 0. The second-order valence-corrected chi connectivity index (χ2v) is 6.79. The van der Waals surface area contributed by atoms with E-state index in [4.69, 9.17) is 4.52 Å². The number of likely N-dealkylation sites (tertiary alicyclic amines) is 1. The molecule has 4 rings (SSSR count). The van der Waals surface area contributed by atoms with Gasteiger partial charge in [0.05, 0.1) is 5.56 Å². The third kappa shape index (κ3) is 3.98. The van der Waals surface area contributed by atoms with Crippen LogP contribution in [-0.2, 0) is 17.5 Å². The van der Waals surface area contributed by atoms with Gasteiger partial charge in [-0.25, -0.2) is 4.39 Å². The van der Waals surface area contributed by atoms with Crippen molar-refractivity contribution < 1.29 is 26.9 Å². The summed E-state index contributed by atoms with van der Waals surface area (Å²) in [6.45, 7) is 0.0428. The van der Waals surface area contributed by atoms with Crippen LogP contribution in [0.3, 0.4) is 0 Å². The molecular weight excluding hydrogens is 390 g/mol. The van der Waals surface area contributed by atoms with Gasteiger partial charge in [0.25, 0.3) is 5.89 Å². The summed E-state index contributed by atoms with van der Waals surface area (Å²) in [5.41, 5.74) is -0.186. The Morgan fingerprint density at radius 1 is 1.10 bits per heavy atom. The van der Waals surface area contributed by atoms with E-state index in [0.29, 0.717) is 11.4 Å². The van der Waals surface area contributed by atoms with Gasteiger partial charge in [0.1, 0.15) is 5.82 Å². The van der Waals surface area contributed by atoms with Gasteiger partial charge in [0, 0.05) is 31.0 Å². The number of alkyl halides is 3. The average molecular weight is 405 g/mol. The first-order chi connectivity index (χ1) is 13.8. The maximum absolute atomic E-state index is 13.2. The van der Waals surface area contributed by atoms with Crippen molar-refractivity contribution in [3.8, 4) is 11.5 Å². The largest absolute Gasteiger partial charge is 0.416 e. The van der Waals surface area contributed by atoms with Gasteiger partial charge >= 0.3 is 6.18 Å². The van der Waals surface area contributed by atoms with Gasteiger partial charge in [-0.05, 0) is 35.9 Å². The van der Waals surface area contributed by atoms with Crippen LogP contribution in [0, 0.1) is 5.82 Å². The van der Waals surface area contributed by atoms with Gasteiger partial charge in [-0.2, -0.15) is 18.2 Å². The maximum Gasteiger partial charge on any atom is 0.416 e. The Labute approximate surface area is 162 Å². The second kappa shape index (κ2) is 7.31. The van der Waals surface area contributed by atoms with Crippen LogP contribution in [0.15, 0.2) is 53.1 Å². The van der Waals surface area contributed by atoms with Crippen molar-refractivity contribution >= 4 is 5.91 Å². The molecule has 0 N–H and O–H groups in total. The molecule has 0 aliphatic carbocycles. The van der Waals surface area contributed by atoms with Gasteiger partial charge in [-0.1, -0.05) is 23.4 Å². The number of hydrogen-bond acceptors (Lipinski definition) is 4. The first-order valence-electron chi connectivity index (χ1n) is 8.83. The number of nitrogens with zero attached hydrogens (tertiary/aromatic N) is 3. The third-order valence-corrected chi connectivity index (χ3v) is 4.80. The van der Waals surface area contributed by atoms with Crippen molar-refractivity contribution in [1.82, 2.24) is 15.0 Å². The lowest BCUT2D eigenvalue weighted by Gasteiger charge is -2.19. The van der Waals surface area contributed by atoms with Crippen molar-refractivity contribution in [3.63, 3.8) is 0 Å². The van der Waals surface area contributed by atoms with Crippen LogP contribution in [0.4, 0.5) is 17.6 Å². The zero-order chi connectivity index (χ0) is 20.6. The minimum absolute atomic E-state index is 0.0362. The van der Waals surface area contributed by atoms with Crippen LogP contribution in [-0.4, -0.2) is 27.5 Å². The van der Waals surface area contributed by atoms with Crippen molar-refractivity contribution in [2.75, 3.05) is 6.54 Å². The first kappa shape index (κ1) is 19.1. The molecule has 3 aromatic rings. The molecule has 0 saturated carbocycles. The number of carbonyl (C=O) groups excluding carboxylic acids is 1. The highest BCUT2D eigenvalue weighted by Crippen LogP contribution is 2.34. The number of halogens is 4. The number of amides is 1. The van der Waals surface area contributed by atoms with E-state index in [0.717, 1.165) is 6.07 Å². The first-order valence-corrected chi connectivity index (χ1v) is 8.83. The molecule has 150 valence electrons. The Bertz CT molecular complexity index is 1030. The number of benzene rings is 2. The minimum atomic E-state index is -4.49. The fourth-order valence-corrected chi connectivity index (χ4v) is 3.35. The molecule has 1 fully saturated rings. The predicted molar refractivity (Wildman–Crippen MR) is 93.9 cm³/mol. The Morgan fingerprint density at radius 3 is 2.55 bits per heavy atom. The summed E-state index contributed by atoms with van der Waals surface area (Å²) in [5, 5.41) is 3.89. The standard InChI is InChI=1S/C20H15F4N3O2/c21-15-7-5-12(6-8-15)19-25-18(26-29-19)14-9-17(28)27(11-14)10-13-3-1-2-4-16(13)20(22,23)24/h1-8,14H,9-11H2. The molecule has 1 aromatic heterocycles. The fraction of sp³-hybridized carbons (Fsp3) is 0.250. The van der Waals surface area contributed by atoms with Crippen molar-refractivity contribution in [1.29, 1.82) is 0 Å². The van der Waals surface area contributed by atoms with E-state index in [1.807, 2.05) is 0 Å². The molecule has 1 aliphatic rings. The summed E-state index contributed by atoms with van der Waals surface area (Å²) in [7, 11) is 0. The molecule has 2 heterocycles. The Hall–Kier alpha value is -3.23. The van der Waals surface area contributed by atoms with E-state index in [2.05, 4.69) is 10.1 Å². The molecule has 0 radical (unpaired) electrons. The highest BCUT2D eigenvalue weighted by molar-refractivity contribution is 5.79. The molecular formula is C20H15F4N3O2. The highest BCUT2D eigenvalue weighted by atomic mass is 19.4. The van der Waals surface area contributed by atoms with E-state index < -0.39 is 23.5 Å². The van der Waals surface area contributed by atoms with E-state index in [9.17, 15) is 22.4 Å². The molecule has 0 spiro atoms. The molecule has 1 saturated heterocycles. The smallest absolute Gasteiger partial charge is 0.338 e. The lowest BCUT2D eigenvalue weighted by Crippen LogP contribution is -2.26. The van der Waals surface area contributed by atoms with E-state index in [1.165, 1.54) is 47.4 Å². The lowest BCUT2D eigenvalue weighted by molar-refractivity contribution is -0.139. The normalized spacial score (nSPS) is 17.2. The molecule has 2 aromatic carbocycles. The highest BCUT2D eigenvalue weighted by Gasteiger charge is 2.37. The molecule has 5 nitrogen and oxygen atoms in total. The van der Waals surface area contributed by atoms with Crippen LogP contribution in [0.2, 0.25) is 0 Å². The molecule has 1 unspecified atom stereocenters. The Kier molecular flexibility index (Phi) is 4.81. The zero-order valence-electron chi connectivity index (χ0n) is 15.0. The van der Waals surface area contributed by atoms with E-state index in [-0.39, 0.29) is 36.9 Å². The SMILES string of the molecule is O=C1CC(c2noc(-c3ccc(F)cc3)n2)CN1Cc1ccccc1C(F)(F)F. The van der Waals surface area contributed by atoms with Crippen LogP contribution in [0.1, 0.15) is 29.3 Å². The van der Waals surface area contributed by atoms with Gasteiger partial charge in [0.2, 0.25) is 5.91 Å². The van der Waals surface area contributed by atoms with Crippen LogP contribution >= 0.6 is 0 Å². The monoisotopic (exact) mass is 405 g/mol. The van der Waals surface area contributed by atoms with Gasteiger partial charge in [0.15, 0.2) is 5.82 Å². The zero-order valence-corrected chi connectivity index (χ0v) is 15.0. The minimum Gasteiger partial charge on any atom is -0.338 e. The maximum atomic E-state index is 13.2. The van der Waals surface area contributed by atoms with Gasteiger partial charge in [-0.15, -0.1) is 0 Å². The summed E-state index contributed by atoms with van der Waals surface area (Å²) in [6.07, 6.45) is -4.41. The topological polar surface area (TPSA) is 59.2 Å². The number of carbonyl (C=O) groups is 1. The lowest BCUT2D eigenvalue weighted by atomic mass is 10.1. The van der Waals surface area contributed by atoms with Crippen molar-refractivity contribution in [2.24, 2.45) is 0 Å². The molecule has 1 amide bonds. The van der Waals surface area contributed by atoms with Crippen LogP contribution in [0.5, 0.6) is 0 Å². The summed E-state index contributed by atoms with van der Waals surface area (Å²) < 4.78 is 57.8. The van der Waals surface area contributed by atoms with Crippen molar-refractivity contribution in [2.45, 2.75) is 25.1 Å². The van der Waals surface area contributed by atoms with E-state index in [1.54, 1.807) is 0 Å². The summed E-state index contributed by atoms with van der Waals surface area (Å²) in [4.78, 5) is 18.0. The second-order valence-electron chi connectivity index (χ2n) is 6.79. The van der Waals surface area contributed by atoms with E-state index >= 15 is 0 Å². The molecule has 1 atom stereocenters. The number of aromatic nitrogens is 2. The molecule has 0 bridgehead atoms. The van der Waals surface area contributed by atoms with Crippen LogP contribution < -0.4 is 0 Å². The summed E-state index contributed by atoms with van der Waals surface area (Å²) in [5.74, 6) is -0.583. The summed E-state index contributed by atoms with van der Waals surface area (Å²) in [6, 6.07) is 10.7. The molecule has 9 heteroatoms. The third-order valence-electron chi connectivity index (χ3n) is 4.80. The summed E-state index contributed by atoms with van der Waals surface area (Å²) >= 11 is 0. The Morgan fingerprint density at radius 2 is 1.83 bits per heavy atom. The quantitative estimate of drug-likeness (QED) is 0.604. The van der Waals surface area contributed by atoms with Gasteiger partial charge < -0.3 is 9.42 Å². The van der Waals surface area contributed by atoms with Crippen LogP contribution in [0.25, 0.3) is 11.5 Å². The molecule has 1 aliphatic heterocycles. The van der Waals surface area contributed by atoms with Gasteiger partial charge in [-0.3, -0.25) is 4.79 Å². The van der Waals surface area contributed by atoms with Crippen molar-refractivity contribution in [3.05, 3.63) is 71.3 Å². The average Bonchev–Trinajstić information content (AvgIpc) is 3.29. The Balaban J connectivity index is 1.50. The predicted octanol–water partition coefficient (Wildman–Crippen LogP) is 4.41. The fourth-order valence-electron chi connectivity index (χ4n) is 3.35.